The molecule has 0 saturated carbocycles. The third kappa shape index (κ3) is 1.10. The Labute approximate surface area is 51.6 Å². The molecule has 3 heteroatoms. The lowest BCUT2D eigenvalue weighted by Gasteiger charge is -1.90. The van der Waals surface area contributed by atoms with Crippen molar-refractivity contribution >= 4 is 0 Å². The summed E-state index contributed by atoms with van der Waals surface area (Å²) in [6.45, 7) is 1.65. The van der Waals surface area contributed by atoms with Gasteiger partial charge in [0.1, 0.15) is 0 Å². The molecule has 3 nitrogen and oxygen atoms in total. The molecule has 1 aromatic heterocycles. The van der Waals surface area contributed by atoms with Crippen molar-refractivity contribution in [3.63, 3.8) is 0 Å². The van der Waals surface area contributed by atoms with Crippen LogP contribution in [0.5, 0.6) is 5.95 Å². The van der Waals surface area contributed by atoms with Gasteiger partial charge in [-0.15, -0.1) is 0 Å². The van der Waals surface area contributed by atoms with Crippen molar-refractivity contribution in [2.45, 2.75) is 6.92 Å². The van der Waals surface area contributed by atoms with Gasteiger partial charge in [-0.05, 0) is 13.0 Å². The smallest absolute Gasteiger partial charge is 0.338 e. The molecule has 1 heterocycles. The van der Waals surface area contributed by atoms with E-state index in [1.807, 2.05) is 0 Å². The highest BCUT2D eigenvalue weighted by atomic mass is 16.5. The number of hydrogen-bond donors (Lipinski definition) is 1. The summed E-state index contributed by atoms with van der Waals surface area (Å²) in [5.74, 6) is -0.303. The lowest BCUT2D eigenvalue weighted by molar-refractivity contribution is 0.305. The van der Waals surface area contributed by atoms with Crippen LogP contribution in [0.1, 0.15) is 5.56 Å². The number of aromatic hydroxyl groups is 1. The highest BCUT2D eigenvalue weighted by Gasteiger charge is 1.95. The van der Waals surface area contributed by atoms with E-state index >= 15 is 0 Å². The number of hydrogen-bond acceptors (Lipinski definition) is 3. The van der Waals surface area contributed by atoms with Crippen LogP contribution >= 0.6 is 0 Å². The average Bonchev–Trinajstić information content (AvgIpc) is 1.80. The average molecular weight is 126 g/mol. The number of rotatable bonds is 0. The quantitative estimate of drug-likeness (QED) is 0.555. The van der Waals surface area contributed by atoms with Gasteiger partial charge in [-0.3, -0.25) is 0 Å². The fourth-order valence-corrected chi connectivity index (χ4v) is 0.474. The molecule has 0 fully saturated rings. The van der Waals surface area contributed by atoms with Crippen molar-refractivity contribution in [3.05, 3.63) is 28.1 Å². The van der Waals surface area contributed by atoms with Crippen molar-refractivity contribution in [2.24, 2.45) is 0 Å². The number of aryl methyl sites for hydroxylation is 1. The molecule has 0 spiro atoms. The molecule has 0 aliphatic heterocycles. The Kier molecular flexibility index (Phi) is 1.26. The van der Waals surface area contributed by atoms with Crippen LogP contribution < -0.4 is 5.63 Å². The normalized spacial score (nSPS) is 9.44. The molecule has 0 saturated heterocycles. The monoisotopic (exact) mass is 126 g/mol. The molecule has 0 atom stereocenters. The van der Waals surface area contributed by atoms with E-state index in [0.29, 0.717) is 5.56 Å². The highest BCUT2D eigenvalue weighted by molar-refractivity contribution is 5.17. The molecule has 0 aliphatic rings. The predicted octanol–water partition coefficient (Wildman–Crippen LogP) is 0.654. The van der Waals surface area contributed by atoms with Crippen molar-refractivity contribution in [1.82, 2.24) is 0 Å². The Morgan fingerprint density at radius 3 is 2.67 bits per heavy atom. The molecule has 1 rings (SSSR count). The first-order valence-electron chi connectivity index (χ1n) is 2.50. The van der Waals surface area contributed by atoms with Crippen molar-refractivity contribution in [2.75, 3.05) is 0 Å². The minimum atomic E-state index is -0.530. The van der Waals surface area contributed by atoms with Crippen LogP contribution in [0, 0.1) is 6.92 Å². The van der Waals surface area contributed by atoms with Crippen LogP contribution in [0.2, 0.25) is 0 Å². The molecule has 0 aliphatic carbocycles. The van der Waals surface area contributed by atoms with E-state index in [-0.39, 0.29) is 5.95 Å². The largest absolute Gasteiger partial charge is 0.480 e. The van der Waals surface area contributed by atoms with Gasteiger partial charge < -0.3 is 9.52 Å². The van der Waals surface area contributed by atoms with Crippen LogP contribution in [0.4, 0.5) is 0 Å². The fourth-order valence-electron chi connectivity index (χ4n) is 0.474. The third-order valence-electron chi connectivity index (χ3n) is 1.00. The summed E-state index contributed by atoms with van der Waals surface area (Å²) in [7, 11) is 0. The maximum absolute atomic E-state index is 10.3. The van der Waals surface area contributed by atoms with Crippen LogP contribution in [0.3, 0.4) is 0 Å². The van der Waals surface area contributed by atoms with Crippen LogP contribution in [0.15, 0.2) is 21.3 Å². The summed E-state index contributed by atoms with van der Waals surface area (Å²) in [6, 6.07) is 2.76. The summed E-state index contributed by atoms with van der Waals surface area (Å²) in [4.78, 5) is 10.3. The van der Waals surface area contributed by atoms with E-state index in [1.165, 1.54) is 12.1 Å². The van der Waals surface area contributed by atoms with Crippen molar-refractivity contribution < 1.29 is 9.52 Å². The first-order valence-corrected chi connectivity index (χ1v) is 2.50. The van der Waals surface area contributed by atoms with Gasteiger partial charge in [0.25, 0.3) is 5.95 Å². The minimum absolute atomic E-state index is 0.303. The van der Waals surface area contributed by atoms with E-state index < -0.39 is 5.63 Å². The predicted molar refractivity (Wildman–Crippen MR) is 31.4 cm³/mol. The third-order valence-corrected chi connectivity index (χ3v) is 1.00. The minimum Gasteiger partial charge on any atom is -0.480 e. The summed E-state index contributed by atoms with van der Waals surface area (Å²) in [6.07, 6.45) is 0. The van der Waals surface area contributed by atoms with E-state index in [4.69, 9.17) is 5.11 Å². The Bertz CT molecular complexity index is 261. The Morgan fingerprint density at radius 2 is 2.22 bits per heavy atom. The summed E-state index contributed by atoms with van der Waals surface area (Å²) in [5, 5.41) is 8.73. The van der Waals surface area contributed by atoms with Crippen molar-refractivity contribution in [1.29, 1.82) is 0 Å². The second kappa shape index (κ2) is 1.93. The molecular weight excluding hydrogens is 120 g/mol. The molecule has 0 unspecified atom stereocenters. The SMILES string of the molecule is Cc1ccc(=O)oc1O. The molecule has 0 bridgehead atoms. The topological polar surface area (TPSA) is 50.4 Å². The van der Waals surface area contributed by atoms with E-state index in [1.54, 1.807) is 6.92 Å². The molecule has 0 aromatic carbocycles. The van der Waals surface area contributed by atoms with Gasteiger partial charge in [0.2, 0.25) is 0 Å². The summed E-state index contributed by atoms with van der Waals surface area (Å²) < 4.78 is 4.31. The summed E-state index contributed by atoms with van der Waals surface area (Å²) in [5.41, 5.74) is 0.0349. The van der Waals surface area contributed by atoms with Gasteiger partial charge in [-0.25, -0.2) is 4.79 Å². The molecule has 9 heavy (non-hydrogen) atoms. The van der Waals surface area contributed by atoms with Gasteiger partial charge in [0, 0.05) is 11.6 Å². The van der Waals surface area contributed by atoms with E-state index in [9.17, 15) is 4.79 Å². The van der Waals surface area contributed by atoms with Gasteiger partial charge in [-0.2, -0.15) is 0 Å². The fraction of sp³-hybridized carbons (Fsp3) is 0.167. The Balaban J connectivity index is 3.34. The first kappa shape index (κ1) is 5.88. The molecule has 48 valence electrons. The van der Waals surface area contributed by atoms with Crippen LogP contribution in [0.25, 0.3) is 0 Å². The van der Waals surface area contributed by atoms with Crippen molar-refractivity contribution in [3.8, 4) is 5.95 Å². The lowest BCUT2D eigenvalue weighted by Crippen LogP contribution is -1.94. The van der Waals surface area contributed by atoms with Gasteiger partial charge in [-0.1, -0.05) is 0 Å². The first-order chi connectivity index (χ1) is 4.20. The van der Waals surface area contributed by atoms with Gasteiger partial charge in [0.15, 0.2) is 0 Å². The van der Waals surface area contributed by atoms with Crippen LogP contribution in [-0.2, 0) is 0 Å². The Hall–Kier alpha value is -1.25. The molecule has 0 amide bonds. The Morgan fingerprint density at radius 1 is 1.56 bits per heavy atom. The standard InChI is InChI=1S/C6H6O3/c1-4-2-3-5(7)9-6(4)8/h2-3,8H,1H3. The molecule has 1 N–H and O–H groups in total. The van der Waals surface area contributed by atoms with E-state index in [2.05, 4.69) is 4.42 Å². The second-order valence-electron chi connectivity index (χ2n) is 1.74. The second-order valence-corrected chi connectivity index (χ2v) is 1.74. The van der Waals surface area contributed by atoms with Gasteiger partial charge in [0.05, 0.1) is 0 Å². The molecule has 1 aromatic rings. The maximum atomic E-state index is 10.3. The molecule has 0 radical (unpaired) electrons. The highest BCUT2D eigenvalue weighted by Crippen LogP contribution is 2.09. The zero-order chi connectivity index (χ0) is 6.85. The van der Waals surface area contributed by atoms with E-state index in [0.717, 1.165) is 0 Å². The molecular formula is C6H6O3. The zero-order valence-electron chi connectivity index (χ0n) is 4.92. The zero-order valence-corrected chi connectivity index (χ0v) is 4.92. The maximum Gasteiger partial charge on any atom is 0.338 e. The lowest BCUT2D eigenvalue weighted by atomic mass is 10.3. The van der Waals surface area contributed by atoms with Gasteiger partial charge >= 0.3 is 5.63 Å². The summed E-state index contributed by atoms with van der Waals surface area (Å²) >= 11 is 0. The van der Waals surface area contributed by atoms with Crippen LogP contribution in [-0.4, -0.2) is 5.11 Å².